The summed E-state index contributed by atoms with van der Waals surface area (Å²) in [4.78, 5) is 4.46. The van der Waals surface area contributed by atoms with Crippen molar-refractivity contribution in [1.82, 2.24) is 4.98 Å². The Kier molecular flexibility index (Phi) is 3.91. The number of hydrogen-bond donors (Lipinski definition) is 0. The number of nitriles is 1. The van der Waals surface area contributed by atoms with E-state index in [2.05, 4.69) is 30.3 Å². The SMILES string of the molecule is CC(C)Cc1csc(CCC#N)n1. The smallest absolute Gasteiger partial charge is 0.0938 e. The van der Waals surface area contributed by atoms with Gasteiger partial charge in [-0.1, -0.05) is 13.8 Å². The number of nitrogens with zero attached hydrogens (tertiary/aromatic N) is 2. The Balaban J connectivity index is 2.49. The molecule has 0 saturated heterocycles. The van der Waals surface area contributed by atoms with Gasteiger partial charge >= 0.3 is 0 Å². The van der Waals surface area contributed by atoms with E-state index in [1.807, 2.05) is 0 Å². The van der Waals surface area contributed by atoms with Crippen molar-refractivity contribution in [2.75, 3.05) is 0 Å². The molecule has 1 rings (SSSR count). The second-order valence-electron chi connectivity index (χ2n) is 3.49. The molecule has 2 nitrogen and oxygen atoms in total. The van der Waals surface area contributed by atoms with Gasteiger partial charge in [-0.05, 0) is 12.3 Å². The summed E-state index contributed by atoms with van der Waals surface area (Å²) in [5, 5.41) is 11.6. The van der Waals surface area contributed by atoms with Crippen molar-refractivity contribution in [2.45, 2.75) is 33.1 Å². The first-order valence-electron chi connectivity index (χ1n) is 4.52. The summed E-state index contributed by atoms with van der Waals surface area (Å²) in [6, 6.07) is 2.13. The topological polar surface area (TPSA) is 36.7 Å². The van der Waals surface area contributed by atoms with Crippen LogP contribution in [0.4, 0.5) is 0 Å². The molecule has 3 heteroatoms. The van der Waals surface area contributed by atoms with Crippen LogP contribution in [0.3, 0.4) is 0 Å². The van der Waals surface area contributed by atoms with E-state index in [4.69, 9.17) is 5.26 Å². The molecular formula is C10H14N2S. The summed E-state index contributed by atoms with van der Waals surface area (Å²) < 4.78 is 0. The predicted octanol–water partition coefficient (Wildman–Crippen LogP) is 2.80. The number of aromatic nitrogens is 1. The van der Waals surface area contributed by atoms with Crippen LogP contribution in [0.5, 0.6) is 0 Å². The molecule has 0 unspecified atom stereocenters. The molecule has 0 aliphatic carbocycles. The third-order valence-corrected chi connectivity index (χ3v) is 2.62. The number of thiazole rings is 1. The zero-order valence-corrected chi connectivity index (χ0v) is 8.90. The fraction of sp³-hybridized carbons (Fsp3) is 0.600. The van der Waals surface area contributed by atoms with Crippen molar-refractivity contribution in [3.63, 3.8) is 0 Å². The van der Waals surface area contributed by atoms with Crippen LogP contribution in [0.25, 0.3) is 0 Å². The molecule has 1 heterocycles. The van der Waals surface area contributed by atoms with Crippen LogP contribution in [-0.4, -0.2) is 4.98 Å². The van der Waals surface area contributed by atoms with Crippen LogP contribution in [0.1, 0.15) is 31.0 Å². The van der Waals surface area contributed by atoms with Crippen molar-refractivity contribution in [3.05, 3.63) is 16.1 Å². The average molecular weight is 194 g/mol. The number of hydrogen-bond acceptors (Lipinski definition) is 3. The summed E-state index contributed by atoms with van der Waals surface area (Å²) >= 11 is 1.67. The molecular weight excluding hydrogens is 180 g/mol. The van der Waals surface area contributed by atoms with Crippen LogP contribution in [0, 0.1) is 17.2 Å². The van der Waals surface area contributed by atoms with Crippen LogP contribution < -0.4 is 0 Å². The van der Waals surface area contributed by atoms with Gasteiger partial charge in [0, 0.05) is 18.2 Å². The van der Waals surface area contributed by atoms with Crippen molar-refractivity contribution < 1.29 is 0 Å². The summed E-state index contributed by atoms with van der Waals surface area (Å²) in [6.45, 7) is 4.38. The van der Waals surface area contributed by atoms with E-state index >= 15 is 0 Å². The summed E-state index contributed by atoms with van der Waals surface area (Å²) in [5.74, 6) is 0.658. The maximum Gasteiger partial charge on any atom is 0.0938 e. The van der Waals surface area contributed by atoms with Gasteiger partial charge in [0.15, 0.2) is 0 Å². The predicted molar refractivity (Wildman–Crippen MR) is 54.6 cm³/mol. The van der Waals surface area contributed by atoms with E-state index in [1.165, 1.54) is 5.69 Å². The molecule has 1 aromatic rings. The third-order valence-electron chi connectivity index (χ3n) is 1.67. The van der Waals surface area contributed by atoms with E-state index in [9.17, 15) is 0 Å². The van der Waals surface area contributed by atoms with E-state index in [1.54, 1.807) is 11.3 Å². The highest BCUT2D eigenvalue weighted by atomic mass is 32.1. The summed E-state index contributed by atoms with van der Waals surface area (Å²) in [5.41, 5.74) is 1.17. The molecule has 0 fully saturated rings. The molecule has 0 aliphatic rings. The van der Waals surface area contributed by atoms with Gasteiger partial charge in [0.2, 0.25) is 0 Å². The van der Waals surface area contributed by atoms with Gasteiger partial charge in [-0.15, -0.1) is 11.3 Å². The first-order chi connectivity index (χ1) is 6.22. The second-order valence-corrected chi connectivity index (χ2v) is 4.43. The van der Waals surface area contributed by atoms with Crippen LogP contribution >= 0.6 is 11.3 Å². The lowest BCUT2D eigenvalue weighted by molar-refractivity contribution is 0.636. The van der Waals surface area contributed by atoms with Crippen LogP contribution in [0.15, 0.2) is 5.38 Å². The Morgan fingerprint density at radius 2 is 2.38 bits per heavy atom. The Labute approximate surface area is 83.2 Å². The molecule has 0 aromatic carbocycles. The van der Waals surface area contributed by atoms with Gasteiger partial charge in [0.25, 0.3) is 0 Å². The number of rotatable bonds is 4. The Bertz CT molecular complexity index is 296. The lowest BCUT2D eigenvalue weighted by Crippen LogP contribution is -1.94. The molecule has 0 saturated carbocycles. The summed E-state index contributed by atoms with van der Waals surface area (Å²) in [6.07, 6.45) is 2.43. The molecule has 0 spiro atoms. The second kappa shape index (κ2) is 4.98. The average Bonchev–Trinajstić information content (AvgIpc) is 2.48. The Hall–Kier alpha value is -0.880. The van der Waals surface area contributed by atoms with Crippen molar-refractivity contribution >= 4 is 11.3 Å². The highest BCUT2D eigenvalue weighted by Gasteiger charge is 2.03. The molecule has 0 atom stereocenters. The largest absolute Gasteiger partial charge is 0.246 e. The van der Waals surface area contributed by atoms with Gasteiger partial charge < -0.3 is 0 Å². The van der Waals surface area contributed by atoms with E-state index < -0.39 is 0 Å². The molecule has 0 amide bonds. The third kappa shape index (κ3) is 3.56. The molecule has 0 radical (unpaired) electrons. The Morgan fingerprint density at radius 3 is 3.00 bits per heavy atom. The fourth-order valence-electron chi connectivity index (χ4n) is 1.14. The first kappa shape index (κ1) is 10.2. The maximum atomic E-state index is 8.41. The van der Waals surface area contributed by atoms with E-state index in [0.29, 0.717) is 12.3 Å². The van der Waals surface area contributed by atoms with Crippen molar-refractivity contribution in [2.24, 2.45) is 5.92 Å². The normalized spacial score (nSPS) is 10.3. The summed E-state index contributed by atoms with van der Waals surface area (Å²) in [7, 11) is 0. The molecule has 0 aliphatic heterocycles. The minimum absolute atomic E-state index is 0.578. The minimum atomic E-state index is 0.578. The number of aryl methyl sites for hydroxylation is 1. The maximum absolute atomic E-state index is 8.41. The molecule has 0 N–H and O–H groups in total. The van der Waals surface area contributed by atoms with E-state index in [0.717, 1.165) is 17.8 Å². The zero-order chi connectivity index (χ0) is 9.68. The van der Waals surface area contributed by atoms with Gasteiger partial charge in [-0.25, -0.2) is 4.98 Å². The highest BCUT2D eigenvalue weighted by Crippen LogP contribution is 2.14. The van der Waals surface area contributed by atoms with E-state index in [-0.39, 0.29) is 0 Å². The van der Waals surface area contributed by atoms with Crippen LogP contribution in [0.2, 0.25) is 0 Å². The van der Waals surface area contributed by atoms with Gasteiger partial charge in [0.05, 0.1) is 16.8 Å². The van der Waals surface area contributed by atoms with Crippen LogP contribution in [-0.2, 0) is 12.8 Å². The van der Waals surface area contributed by atoms with Gasteiger partial charge in [-0.2, -0.15) is 5.26 Å². The van der Waals surface area contributed by atoms with Gasteiger partial charge in [-0.3, -0.25) is 0 Å². The monoisotopic (exact) mass is 194 g/mol. The molecule has 0 bridgehead atoms. The molecule has 70 valence electrons. The zero-order valence-electron chi connectivity index (χ0n) is 8.08. The minimum Gasteiger partial charge on any atom is -0.246 e. The molecule has 13 heavy (non-hydrogen) atoms. The quantitative estimate of drug-likeness (QED) is 0.739. The first-order valence-corrected chi connectivity index (χ1v) is 5.40. The Morgan fingerprint density at radius 1 is 1.62 bits per heavy atom. The van der Waals surface area contributed by atoms with Gasteiger partial charge in [0.1, 0.15) is 0 Å². The van der Waals surface area contributed by atoms with Crippen molar-refractivity contribution in [3.8, 4) is 6.07 Å². The molecule has 1 aromatic heterocycles. The lowest BCUT2D eigenvalue weighted by atomic mass is 10.1. The van der Waals surface area contributed by atoms with Crippen molar-refractivity contribution in [1.29, 1.82) is 5.26 Å². The standard InChI is InChI=1S/C10H14N2S/c1-8(2)6-9-7-13-10(12-9)4-3-5-11/h7-8H,3-4,6H2,1-2H3. The lowest BCUT2D eigenvalue weighted by Gasteiger charge is -1.98. The fourth-order valence-corrected chi connectivity index (χ4v) is 1.95. The highest BCUT2D eigenvalue weighted by molar-refractivity contribution is 7.09.